The Morgan fingerprint density at radius 1 is 1.04 bits per heavy atom. The summed E-state index contributed by atoms with van der Waals surface area (Å²) in [5.74, 6) is -1.10. The van der Waals surface area contributed by atoms with E-state index >= 15 is 0 Å². The Morgan fingerprint density at radius 3 is 2.46 bits per heavy atom. The van der Waals surface area contributed by atoms with Crippen molar-refractivity contribution in [1.29, 1.82) is 0 Å². The molecule has 0 saturated carbocycles. The number of amides is 3. The van der Waals surface area contributed by atoms with Crippen LogP contribution < -0.4 is 10.6 Å². The molecule has 132 valence electrons. The van der Waals surface area contributed by atoms with Crippen molar-refractivity contribution in [3.8, 4) is 0 Å². The molecule has 1 heterocycles. The summed E-state index contributed by atoms with van der Waals surface area (Å²) in [5.41, 5.74) is 0.0748. The van der Waals surface area contributed by atoms with E-state index in [1.54, 1.807) is 0 Å². The van der Waals surface area contributed by atoms with Gasteiger partial charge in [-0.3, -0.25) is 4.79 Å². The van der Waals surface area contributed by atoms with Gasteiger partial charge in [-0.25, -0.2) is 13.6 Å². The number of halogens is 2. The van der Waals surface area contributed by atoms with Gasteiger partial charge in [0.05, 0.1) is 0 Å². The lowest BCUT2D eigenvalue weighted by molar-refractivity contribution is -0.131. The van der Waals surface area contributed by atoms with Crippen molar-refractivity contribution in [2.45, 2.75) is 38.6 Å². The van der Waals surface area contributed by atoms with E-state index in [4.69, 9.17) is 0 Å². The molecule has 3 amide bonds. The minimum absolute atomic E-state index is 0.0355. The van der Waals surface area contributed by atoms with Crippen LogP contribution in [0.15, 0.2) is 18.2 Å². The van der Waals surface area contributed by atoms with Gasteiger partial charge in [0.1, 0.15) is 11.6 Å². The van der Waals surface area contributed by atoms with Crippen molar-refractivity contribution < 1.29 is 18.4 Å². The first-order chi connectivity index (χ1) is 11.6. The highest BCUT2D eigenvalue weighted by atomic mass is 19.1. The fraction of sp³-hybridized carbons (Fsp3) is 0.529. The summed E-state index contributed by atoms with van der Waals surface area (Å²) in [6.07, 6.45) is 4.60. The lowest BCUT2D eigenvalue weighted by Crippen LogP contribution is -2.39. The van der Waals surface area contributed by atoms with Gasteiger partial charge in [-0.05, 0) is 31.0 Å². The molecule has 1 aliphatic rings. The van der Waals surface area contributed by atoms with Crippen molar-refractivity contribution >= 4 is 11.9 Å². The monoisotopic (exact) mass is 339 g/mol. The third-order valence-electron chi connectivity index (χ3n) is 4.03. The molecule has 0 bridgehead atoms. The fourth-order valence-corrected chi connectivity index (χ4v) is 2.68. The highest BCUT2D eigenvalue weighted by molar-refractivity contribution is 5.78. The third-order valence-corrected chi connectivity index (χ3v) is 4.03. The molecule has 0 atom stereocenters. The summed E-state index contributed by atoms with van der Waals surface area (Å²) >= 11 is 0. The van der Waals surface area contributed by atoms with Crippen molar-refractivity contribution in [2.24, 2.45) is 0 Å². The number of nitrogens with one attached hydrogen (secondary N) is 2. The van der Waals surface area contributed by atoms with Crippen LogP contribution in [0, 0.1) is 11.6 Å². The molecule has 2 N–H and O–H groups in total. The van der Waals surface area contributed by atoms with E-state index in [-0.39, 0.29) is 31.0 Å². The van der Waals surface area contributed by atoms with E-state index in [9.17, 15) is 18.4 Å². The SMILES string of the molecule is O=C(NCCC(=O)N1CCCCCC1)NCc1cc(F)ccc1F. The predicted molar refractivity (Wildman–Crippen MR) is 86.3 cm³/mol. The second-order valence-electron chi connectivity index (χ2n) is 5.89. The Hall–Kier alpha value is -2.18. The van der Waals surface area contributed by atoms with Crippen molar-refractivity contribution in [3.63, 3.8) is 0 Å². The molecule has 0 radical (unpaired) electrons. The zero-order chi connectivity index (χ0) is 17.4. The fourth-order valence-electron chi connectivity index (χ4n) is 2.68. The zero-order valence-corrected chi connectivity index (χ0v) is 13.6. The molecule has 0 spiro atoms. The molecule has 1 saturated heterocycles. The summed E-state index contributed by atoms with van der Waals surface area (Å²) in [4.78, 5) is 25.6. The van der Waals surface area contributed by atoms with Gasteiger partial charge in [-0.1, -0.05) is 12.8 Å². The van der Waals surface area contributed by atoms with Crippen LogP contribution in [0.1, 0.15) is 37.7 Å². The van der Waals surface area contributed by atoms with Crippen LogP contribution in [-0.2, 0) is 11.3 Å². The standard InChI is InChI=1S/C17H23F2N3O2/c18-14-5-6-15(19)13(11-14)12-21-17(24)20-8-7-16(23)22-9-3-1-2-4-10-22/h5-6,11H,1-4,7-10,12H2,(H2,20,21,24). The lowest BCUT2D eigenvalue weighted by atomic mass is 10.2. The molecule has 1 fully saturated rings. The van der Waals surface area contributed by atoms with Crippen LogP contribution in [0.5, 0.6) is 0 Å². The van der Waals surface area contributed by atoms with Gasteiger partial charge in [-0.15, -0.1) is 0 Å². The first-order valence-electron chi connectivity index (χ1n) is 8.29. The van der Waals surface area contributed by atoms with E-state index in [1.165, 1.54) is 0 Å². The lowest BCUT2D eigenvalue weighted by Gasteiger charge is -2.20. The van der Waals surface area contributed by atoms with Crippen LogP contribution in [0.2, 0.25) is 0 Å². The number of benzene rings is 1. The number of likely N-dealkylation sites (tertiary alicyclic amines) is 1. The van der Waals surface area contributed by atoms with Gasteiger partial charge in [0.2, 0.25) is 5.91 Å². The number of hydrogen-bond acceptors (Lipinski definition) is 2. The highest BCUT2D eigenvalue weighted by Gasteiger charge is 2.15. The molecule has 5 nitrogen and oxygen atoms in total. The van der Waals surface area contributed by atoms with E-state index in [2.05, 4.69) is 10.6 Å². The van der Waals surface area contributed by atoms with Gasteiger partial charge in [0, 0.05) is 38.2 Å². The molecule has 7 heteroatoms. The molecule has 2 rings (SSSR count). The normalized spacial score (nSPS) is 14.8. The Morgan fingerprint density at radius 2 is 1.75 bits per heavy atom. The smallest absolute Gasteiger partial charge is 0.315 e. The maximum Gasteiger partial charge on any atom is 0.315 e. The van der Waals surface area contributed by atoms with Crippen molar-refractivity contribution in [1.82, 2.24) is 15.5 Å². The molecule has 0 aliphatic carbocycles. The molecule has 0 unspecified atom stereocenters. The van der Waals surface area contributed by atoms with E-state index in [0.717, 1.165) is 57.0 Å². The minimum Gasteiger partial charge on any atom is -0.343 e. The summed E-state index contributed by atoms with van der Waals surface area (Å²) in [6, 6.07) is 2.57. The number of nitrogens with zero attached hydrogens (tertiary/aromatic N) is 1. The van der Waals surface area contributed by atoms with Crippen molar-refractivity contribution in [3.05, 3.63) is 35.4 Å². The average molecular weight is 339 g/mol. The topological polar surface area (TPSA) is 61.4 Å². The molecule has 1 aromatic rings. The number of carbonyl (C=O) groups is 2. The first-order valence-corrected chi connectivity index (χ1v) is 8.29. The maximum atomic E-state index is 13.4. The van der Waals surface area contributed by atoms with Crippen LogP contribution in [-0.4, -0.2) is 36.5 Å². The second-order valence-corrected chi connectivity index (χ2v) is 5.89. The van der Waals surface area contributed by atoms with Gasteiger partial charge >= 0.3 is 6.03 Å². The van der Waals surface area contributed by atoms with Gasteiger partial charge in [0.15, 0.2) is 0 Å². The molecule has 0 aromatic heterocycles. The van der Waals surface area contributed by atoms with E-state index < -0.39 is 17.7 Å². The number of carbonyl (C=O) groups excluding carboxylic acids is 2. The molecular formula is C17H23F2N3O2. The molecular weight excluding hydrogens is 316 g/mol. The Balaban J connectivity index is 1.67. The quantitative estimate of drug-likeness (QED) is 0.866. The zero-order valence-electron chi connectivity index (χ0n) is 13.6. The van der Waals surface area contributed by atoms with Gasteiger partial charge in [-0.2, -0.15) is 0 Å². The summed E-state index contributed by atoms with van der Waals surface area (Å²) in [5, 5.41) is 5.01. The number of hydrogen-bond donors (Lipinski definition) is 2. The van der Waals surface area contributed by atoms with Crippen LogP contribution in [0.25, 0.3) is 0 Å². The van der Waals surface area contributed by atoms with Crippen molar-refractivity contribution in [2.75, 3.05) is 19.6 Å². The van der Waals surface area contributed by atoms with Gasteiger partial charge in [0.25, 0.3) is 0 Å². The molecule has 1 aromatic carbocycles. The van der Waals surface area contributed by atoms with Crippen LogP contribution in [0.3, 0.4) is 0 Å². The predicted octanol–water partition coefficient (Wildman–Crippen LogP) is 2.56. The summed E-state index contributed by atoms with van der Waals surface area (Å²) < 4.78 is 26.5. The number of rotatable bonds is 5. The summed E-state index contributed by atoms with van der Waals surface area (Å²) in [7, 11) is 0. The number of urea groups is 1. The van der Waals surface area contributed by atoms with Crippen LogP contribution >= 0.6 is 0 Å². The van der Waals surface area contributed by atoms with Crippen LogP contribution in [0.4, 0.5) is 13.6 Å². The molecule has 24 heavy (non-hydrogen) atoms. The molecule has 1 aliphatic heterocycles. The third kappa shape index (κ3) is 5.79. The van der Waals surface area contributed by atoms with E-state index in [0.29, 0.717) is 0 Å². The largest absolute Gasteiger partial charge is 0.343 e. The Bertz CT molecular complexity index is 573. The van der Waals surface area contributed by atoms with Gasteiger partial charge < -0.3 is 15.5 Å². The van der Waals surface area contributed by atoms with E-state index in [1.807, 2.05) is 4.90 Å². The maximum absolute atomic E-state index is 13.4. The summed E-state index contributed by atoms with van der Waals surface area (Å²) in [6.45, 7) is 1.66. The average Bonchev–Trinajstić information content (AvgIpc) is 2.85. The Labute approximate surface area is 140 Å². The Kier molecular flexibility index (Phi) is 6.96. The first kappa shape index (κ1) is 18.2. The minimum atomic E-state index is -0.576. The second kappa shape index (κ2) is 9.20. The highest BCUT2D eigenvalue weighted by Crippen LogP contribution is 2.11.